The third-order valence-electron chi connectivity index (χ3n) is 8.28. The van der Waals surface area contributed by atoms with E-state index in [-0.39, 0.29) is 30.3 Å². The number of carboxylic acid groups (broad SMARTS) is 1. The summed E-state index contributed by atoms with van der Waals surface area (Å²) in [6, 6.07) is 11.0. The molecule has 1 amide bonds. The molecule has 0 radical (unpaired) electrons. The second-order valence-electron chi connectivity index (χ2n) is 10.9. The number of carbonyl (C=O) groups excluding carboxylic acids is 1. The van der Waals surface area contributed by atoms with Crippen LogP contribution in [0.1, 0.15) is 62.8 Å². The summed E-state index contributed by atoms with van der Waals surface area (Å²) >= 11 is 1.83. The Bertz CT molecular complexity index is 1310. The molecule has 4 atom stereocenters. The molecule has 0 bridgehead atoms. The number of nitrogens with one attached hydrogen (secondary N) is 1. The molecule has 2 aromatic carbocycles. The largest absolute Gasteiger partial charge is 0.480 e. The van der Waals surface area contributed by atoms with E-state index in [0.717, 1.165) is 28.0 Å². The number of ether oxygens (including phenoxy) is 1. The number of anilines is 2. The molecule has 36 heavy (non-hydrogen) atoms. The maximum Gasteiger partial charge on any atom is 0.320 e. The second kappa shape index (κ2) is 8.36. The maximum atomic E-state index is 12.6. The number of amides is 1. The van der Waals surface area contributed by atoms with Crippen LogP contribution in [0.25, 0.3) is 0 Å². The van der Waals surface area contributed by atoms with Crippen LogP contribution in [0.5, 0.6) is 0 Å². The monoisotopic (exact) mass is 507 g/mol. The standard InChI is InChI=1S/C28H33N3O4S/c1-15-27(4)14-36-13-23(27)28(35-15)18-7-5-16(29)11-20(18)26(2,3)21-12-17(6-8-19(21)28)31-24(32)10-9-22(30)25(33)34/h5-8,11-13,15,22H,9-10,14,29-30H2,1-4H3,(H,31,32)(H,33,34)/t15?,22-,27?,28?/m0/s1. The molecule has 6 N–H and O–H groups in total. The Balaban J connectivity index is 1.61. The lowest BCUT2D eigenvalue weighted by Crippen LogP contribution is -2.41. The lowest BCUT2D eigenvalue weighted by atomic mass is 9.59. The summed E-state index contributed by atoms with van der Waals surface area (Å²) in [6.07, 6.45) is 0.125. The SMILES string of the molecule is CC1OC2(C3=CSCC31C)c1ccc(N)cc1C(C)(C)c1cc(NC(=O)CC[C@H](N)C(=O)O)ccc12. The number of carboxylic acids is 1. The summed E-state index contributed by atoms with van der Waals surface area (Å²) in [5.74, 6) is -0.410. The van der Waals surface area contributed by atoms with E-state index in [0.29, 0.717) is 11.4 Å². The summed E-state index contributed by atoms with van der Waals surface area (Å²) in [6.45, 7) is 8.78. The quantitative estimate of drug-likeness (QED) is 0.443. The summed E-state index contributed by atoms with van der Waals surface area (Å²) < 4.78 is 6.97. The average molecular weight is 508 g/mol. The Hall–Kier alpha value is -2.81. The summed E-state index contributed by atoms with van der Waals surface area (Å²) in [4.78, 5) is 23.6. The van der Waals surface area contributed by atoms with Gasteiger partial charge in [-0.2, -0.15) is 0 Å². The van der Waals surface area contributed by atoms with E-state index in [1.165, 1.54) is 5.57 Å². The van der Waals surface area contributed by atoms with Crippen LogP contribution in [-0.2, 0) is 25.3 Å². The van der Waals surface area contributed by atoms with Crippen LogP contribution in [-0.4, -0.2) is 34.9 Å². The van der Waals surface area contributed by atoms with Crippen LogP contribution in [0.4, 0.5) is 11.4 Å². The fourth-order valence-electron chi connectivity index (χ4n) is 5.96. The first-order valence-corrected chi connectivity index (χ1v) is 13.3. The van der Waals surface area contributed by atoms with Gasteiger partial charge in [0.2, 0.25) is 5.91 Å². The topological polar surface area (TPSA) is 128 Å². The van der Waals surface area contributed by atoms with Crippen LogP contribution in [0.3, 0.4) is 0 Å². The van der Waals surface area contributed by atoms with Gasteiger partial charge in [0, 0.05) is 34.4 Å². The van der Waals surface area contributed by atoms with E-state index in [1.807, 2.05) is 36.0 Å². The van der Waals surface area contributed by atoms with Crippen molar-refractivity contribution in [1.82, 2.24) is 0 Å². The highest BCUT2D eigenvalue weighted by Gasteiger charge is 2.62. The highest BCUT2D eigenvalue weighted by Crippen LogP contribution is 2.65. The first-order valence-electron chi connectivity index (χ1n) is 12.3. The average Bonchev–Trinajstić information content (AvgIpc) is 3.32. The summed E-state index contributed by atoms with van der Waals surface area (Å²) in [5, 5.41) is 14.2. The zero-order valence-electron chi connectivity index (χ0n) is 21.1. The Morgan fingerprint density at radius 3 is 2.50 bits per heavy atom. The number of hydrogen-bond acceptors (Lipinski definition) is 6. The normalized spacial score (nSPS) is 28.1. The van der Waals surface area contributed by atoms with Crippen LogP contribution < -0.4 is 16.8 Å². The van der Waals surface area contributed by atoms with E-state index < -0.39 is 23.0 Å². The molecule has 3 aliphatic rings. The molecule has 1 fully saturated rings. The highest BCUT2D eigenvalue weighted by atomic mass is 32.2. The molecule has 5 rings (SSSR count). The molecule has 2 heterocycles. The van der Waals surface area contributed by atoms with E-state index in [4.69, 9.17) is 21.3 Å². The molecule has 1 spiro atoms. The Labute approximate surface area is 215 Å². The third-order valence-corrected chi connectivity index (χ3v) is 9.45. The smallest absolute Gasteiger partial charge is 0.320 e. The van der Waals surface area contributed by atoms with Crippen molar-refractivity contribution < 1.29 is 19.4 Å². The highest BCUT2D eigenvalue weighted by molar-refractivity contribution is 8.02. The molecule has 0 aromatic heterocycles. The number of thioether (sulfide) groups is 1. The third kappa shape index (κ3) is 3.49. The number of aliphatic carboxylic acids is 1. The molecule has 2 aromatic rings. The number of benzene rings is 2. The number of rotatable bonds is 5. The van der Waals surface area contributed by atoms with Gasteiger partial charge in [0.05, 0.1) is 6.10 Å². The maximum absolute atomic E-state index is 12.6. The Morgan fingerprint density at radius 2 is 1.81 bits per heavy atom. The predicted molar refractivity (Wildman–Crippen MR) is 143 cm³/mol. The zero-order valence-corrected chi connectivity index (χ0v) is 21.9. The molecule has 8 heteroatoms. The van der Waals surface area contributed by atoms with E-state index in [9.17, 15) is 9.59 Å². The van der Waals surface area contributed by atoms with Crippen molar-refractivity contribution >= 4 is 35.0 Å². The molecular formula is C28H33N3O4S. The minimum Gasteiger partial charge on any atom is -0.480 e. The van der Waals surface area contributed by atoms with Gasteiger partial charge in [0.15, 0.2) is 0 Å². The van der Waals surface area contributed by atoms with Gasteiger partial charge >= 0.3 is 5.97 Å². The zero-order chi connectivity index (χ0) is 26.0. The first kappa shape index (κ1) is 24.9. The molecule has 2 aliphatic heterocycles. The van der Waals surface area contributed by atoms with Crippen LogP contribution in [0.2, 0.25) is 0 Å². The van der Waals surface area contributed by atoms with Gasteiger partial charge in [-0.3, -0.25) is 9.59 Å². The molecular weight excluding hydrogens is 474 g/mol. The van der Waals surface area contributed by atoms with Gasteiger partial charge in [-0.25, -0.2) is 0 Å². The number of hydrogen-bond donors (Lipinski definition) is 4. The van der Waals surface area contributed by atoms with Gasteiger partial charge in [0.1, 0.15) is 11.6 Å². The van der Waals surface area contributed by atoms with Gasteiger partial charge in [-0.05, 0) is 70.8 Å². The number of nitrogens with two attached hydrogens (primary N) is 2. The van der Waals surface area contributed by atoms with Crippen molar-refractivity contribution in [3.05, 3.63) is 69.6 Å². The van der Waals surface area contributed by atoms with E-state index in [2.05, 4.69) is 50.6 Å². The number of nitrogen functional groups attached to an aromatic ring is 1. The van der Waals surface area contributed by atoms with Crippen molar-refractivity contribution in [2.75, 3.05) is 16.8 Å². The van der Waals surface area contributed by atoms with E-state index in [1.54, 1.807) is 0 Å². The lowest BCUT2D eigenvalue weighted by molar-refractivity contribution is -0.138. The van der Waals surface area contributed by atoms with Crippen LogP contribution in [0.15, 0.2) is 47.4 Å². The van der Waals surface area contributed by atoms with Crippen LogP contribution >= 0.6 is 11.8 Å². The molecule has 190 valence electrons. The minimum absolute atomic E-state index is 0.0241. The van der Waals surface area contributed by atoms with Crippen LogP contribution in [0, 0.1) is 5.41 Å². The Kier molecular flexibility index (Phi) is 5.78. The summed E-state index contributed by atoms with van der Waals surface area (Å²) in [7, 11) is 0. The van der Waals surface area contributed by atoms with E-state index >= 15 is 0 Å². The van der Waals surface area contributed by atoms with Crippen molar-refractivity contribution in [3.63, 3.8) is 0 Å². The molecule has 1 saturated heterocycles. The van der Waals surface area contributed by atoms with Gasteiger partial charge in [-0.15, -0.1) is 11.8 Å². The minimum atomic E-state index is -1.11. The van der Waals surface area contributed by atoms with Crippen molar-refractivity contribution in [2.24, 2.45) is 11.1 Å². The van der Waals surface area contributed by atoms with Gasteiger partial charge in [-0.1, -0.05) is 32.9 Å². The number of fused-ring (bicyclic) bond motifs is 6. The molecule has 1 aliphatic carbocycles. The summed E-state index contributed by atoms with van der Waals surface area (Å²) in [5.41, 5.74) is 17.6. The molecule has 7 nitrogen and oxygen atoms in total. The van der Waals surface area contributed by atoms with Gasteiger partial charge in [0.25, 0.3) is 0 Å². The Morgan fingerprint density at radius 1 is 1.14 bits per heavy atom. The number of carbonyl (C=O) groups is 2. The lowest BCUT2D eigenvalue weighted by Gasteiger charge is -2.46. The molecule has 3 unspecified atom stereocenters. The van der Waals surface area contributed by atoms with Crippen molar-refractivity contribution in [3.8, 4) is 0 Å². The van der Waals surface area contributed by atoms with Crippen molar-refractivity contribution in [1.29, 1.82) is 0 Å². The first-order chi connectivity index (χ1) is 16.9. The van der Waals surface area contributed by atoms with Crippen molar-refractivity contribution in [2.45, 2.75) is 63.7 Å². The second-order valence-corrected chi connectivity index (χ2v) is 11.8. The predicted octanol–water partition coefficient (Wildman–Crippen LogP) is 4.34. The molecule has 0 saturated carbocycles. The fourth-order valence-corrected chi connectivity index (χ4v) is 7.39. The fraction of sp³-hybridized carbons (Fsp3) is 0.429. The van der Waals surface area contributed by atoms with Gasteiger partial charge < -0.3 is 26.6 Å².